The first-order valence-corrected chi connectivity index (χ1v) is 7.53. The third-order valence-electron chi connectivity index (χ3n) is 4.38. The second-order valence-corrected chi connectivity index (χ2v) is 5.96. The molecule has 0 bridgehead atoms. The second-order valence-electron chi connectivity index (χ2n) is 5.96. The van der Waals surface area contributed by atoms with E-state index in [0.29, 0.717) is 19.0 Å². The summed E-state index contributed by atoms with van der Waals surface area (Å²) in [4.78, 5) is 13.1. The van der Waals surface area contributed by atoms with Gasteiger partial charge in [-0.2, -0.15) is 0 Å². The van der Waals surface area contributed by atoms with Gasteiger partial charge in [0.1, 0.15) is 17.7 Å². The Morgan fingerprint density at radius 2 is 2.14 bits per heavy atom. The largest absolute Gasteiger partial charge is 0.488 e. The summed E-state index contributed by atoms with van der Waals surface area (Å²) in [5, 5.41) is 9.10. The van der Waals surface area contributed by atoms with Gasteiger partial charge in [-0.25, -0.2) is 4.39 Å². The monoisotopic (exact) mass is 293 g/mol. The standard InChI is InChI=1S/C16H20FNO3/c17-12-5-6-15-11(7-12)8-14(21-15)9-18(10-16(19)20)13-3-1-2-4-13/h5-7,13-14H,1-4,8-10H2,(H,19,20). The van der Waals surface area contributed by atoms with E-state index in [-0.39, 0.29) is 18.5 Å². The number of hydrogen-bond donors (Lipinski definition) is 1. The van der Waals surface area contributed by atoms with Gasteiger partial charge in [0.2, 0.25) is 0 Å². The maximum atomic E-state index is 13.2. The first-order valence-electron chi connectivity index (χ1n) is 7.53. The fraction of sp³-hybridized carbons (Fsp3) is 0.562. The van der Waals surface area contributed by atoms with Gasteiger partial charge in [0.05, 0.1) is 6.54 Å². The van der Waals surface area contributed by atoms with E-state index in [2.05, 4.69) is 0 Å². The van der Waals surface area contributed by atoms with Crippen molar-refractivity contribution in [3.63, 3.8) is 0 Å². The van der Waals surface area contributed by atoms with Crippen LogP contribution in [0.15, 0.2) is 18.2 Å². The van der Waals surface area contributed by atoms with Crippen molar-refractivity contribution in [2.24, 2.45) is 0 Å². The van der Waals surface area contributed by atoms with Gasteiger partial charge in [-0.05, 0) is 31.0 Å². The predicted octanol–water partition coefficient (Wildman–Crippen LogP) is 2.46. The number of carbonyl (C=O) groups is 1. The zero-order chi connectivity index (χ0) is 14.8. The van der Waals surface area contributed by atoms with Crippen molar-refractivity contribution in [1.82, 2.24) is 4.90 Å². The van der Waals surface area contributed by atoms with Crippen LogP contribution >= 0.6 is 0 Å². The third-order valence-corrected chi connectivity index (χ3v) is 4.38. The van der Waals surface area contributed by atoms with Crippen LogP contribution in [0.3, 0.4) is 0 Å². The van der Waals surface area contributed by atoms with Crippen molar-refractivity contribution < 1.29 is 19.0 Å². The zero-order valence-corrected chi connectivity index (χ0v) is 11.9. The van der Waals surface area contributed by atoms with Crippen LogP contribution in [0.2, 0.25) is 0 Å². The number of aliphatic carboxylic acids is 1. The normalized spacial score (nSPS) is 21.5. The number of carboxylic acids is 1. The van der Waals surface area contributed by atoms with Crippen molar-refractivity contribution in [2.45, 2.75) is 44.2 Å². The Morgan fingerprint density at radius 3 is 2.86 bits per heavy atom. The molecular weight excluding hydrogens is 273 g/mol. The van der Waals surface area contributed by atoms with E-state index in [0.717, 1.165) is 37.0 Å². The van der Waals surface area contributed by atoms with E-state index in [1.165, 1.54) is 12.1 Å². The molecule has 1 heterocycles. The first-order chi connectivity index (χ1) is 10.1. The summed E-state index contributed by atoms with van der Waals surface area (Å²) in [5.74, 6) is -0.331. The molecule has 1 saturated carbocycles. The Labute approximate surface area is 123 Å². The molecule has 1 aromatic carbocycles. The molecule has 0 saturated heterocycles. The van der Waals surface area contributed by atoms with E-state index in [1.54, 1.807) is 6.07 Å². The SMILES string of the molecule is O=C(O)CN(CC1Cc2cc(F)ccc2O1)C1CCCC1. The van der Waals surface area contributed by atoms with Crippen LogP contribution in [0.5, 0.6) is 5.75 Å². The number of benzene rings is 1. The molecular formula is C16H20FNO3. The minimum atomic E-state index is -0.802. The van der Waals surface area contributed by atoms with Crippen molar-refractivity contribution in [2.75, 3.05) is 13.1 Å². The Morgan fingerprint density at radius 1 is 1.38 bits per heavy atom. The lowest BCUT2D eigenvalue weighted by atomic mass is 10.1. The summed E-state index contributed by atoms with van der Waals surface area (Å²) in [6.07, 6.45) is 5.01. The average molecular weight is 293 g/mol. The van der Waals surface area contributed by atoms with Crippen molar-refractivity contribution in [3.05, 3.63) is 29.6 Å². The number of ether oxygens (including phenoxy) is 1. The van der Waals surface area contributed by atoms with Crippen molar-refractivity contribution in [1.29, 1.82) is 0 Å². The smallest absolute Gasteiger partial charge is 0.317 e. The van der Waals surface area contributed by atoms with Gasteiger partial charge in [-0.15, -0.1) is 0 Å². The molecule has 1 aliphatic carbocycles. The molecule has 1 unspecified atom stereocenters. The van der Waals surface area contributed by atoms with Gasteiger partial charge < -0.3 is 9.84 Å². The van der Waals surface area contributed by atoms with Gasteiger partial charge >= 0.3 is 5.97 Å². The third kappa shape index (κ3) is 3.35. The van der Waals surface area contributed by atoms with Crippen LogP contribution in [0.25, 0.3) is 0 Å². The number of hydrogen-bond acceptors (Lipinski definition) is 3. The molecule has 1 aromatic rings. The average Bonchev–Trinajstić information content (AvgIpc) is 3.05. The highest BCUT2D eigenvalue weighted by Gasteiger charge is 2.30. The molecule has 2 aliphatic rings. The van der Waals surface area contributed by atoms with E-state index in [4.69, 9.17) is 9.84 Å². The highest BCUT2D eigenvalue weighted by atomic mass is 19.1. The summed E-state index contributed by atoms with van der Waals surface area (Å²) < 4.78 is 19.1. The van der Waals surface area contributed by atoms with Gasteiger partial charge in [-0.3, -0.25) is 9.69 Å². The molecule has 114 valence electrons. The van der Waals surface area contributed by atoms with Crippen molar-refractivity contribution >= 4 is 5.97 Å². The molecule has 1 N–H and O–H groups in total. The molecule has 3 rings (SSSR count). The van der Waals surface area contributed by atoms with E-state index >= 15 is 0 Å². The second kappa shape index (κ2) is 6.02. The molecule has 0 amide bonds. The zero-order valence-electron chi connectivity index (χ0n) is 11.9. The Hall–Kier alpha value is -1.62. The Bertz CT molecular complexity index is 528. The molecule has 0 spiro atoms. The number of carboxylic acid groups (broad SMARTS) is 1. The molecule has 21 heavy (non-hydrogen) atoms. The summed E-state index contributed by atoms with van der Waals surface area (Å²) in [5.41, 5.74) is 0.877. The number of nitrogens with zero attached hydrogens (tertiary/aromatic N) is 1. The van der Waals surface area contributed by atoms with Gasteiger partial charge in [0.15, 0.2) is 0 Å². The van der Waals surface area contributed by atoms with Crippen LogP contribution in [0.4, 0.5) is 4.39 Å². The minimum Gasteiger partial charge on any atom is -0.488 e. The number of fused-ring (bicyclic) bond motifs is 1. The number of rotatable bonds is 5. The topological polar surface area (TPSA) is 49.8 Å². The highest BCUT2D eigenvalue weighted by Crippen LogP contribution is 2.31. The molecule has 1 fully saturated rings. The van der Waals surface area contributed by atoms with Crippen LogP contribution in [-0.2, 0) is 11.2 Å². The molecule has 1 atom stereocenters. The maximum Gasteiger partial charge on any atom is 0.317 e. The summed E-state index contributed by atoms with van der Waals surface area (Å²) >= 11 is 0. The lowest BCUT2D eigenvalue weighted by Crippen LogP contribution is -2.43. The minimum absolute atomic E-state index is 0.0508. The Balaban J connectivity index is 1.65. The van der Waals surface area contributed by atoms with Gasteiger partial charge in [-0.1, -0.05) is 12.8 Å². The highest BCUT2D eigenvalue weighted by molar-refractivity contribution is 5.69. The predicted molar refractivity (Wildman–Crippen MR) is 76.0 cm³/mol. The Kier molecular flexibility index (Phi) is 4.10. The lowest BCUT2D eigenvalue weighted by molar-refractivity contribution is -0.139. The molecule has 4 nitrogen and oxygen atoms in total. The summed E-state index contributed by atoms with van der Waals surface area (Å²) in [6.45, 7) is 0.641. The molecule has 5 heteroatoms. The van der Waals surface area contributed by atoms with Crippen LogP contribution in [-0.4, -0.2) is 41.2 Å². The summed E-state index contributed by atoms with van der Waals surface area (Å²) in [6, 6.07) is 4.90. The van der Waals surface area contributed by atoms with Crippen LogP contribution in [0.1, 0.15) is 31.2 Å². The fourth-order valence-corrected chi connectivity index (χ4v) is 3.44. The molecule has 0 aromatic heterocycles. The quantitative estimate of drug-likeness (QED) is 0.906. The van der Waals surface area contributed by atoms with Crippen molar-refractivity contribution in [3.8, 4) is 5.75 Å². The van der Waals surface area contributed by atoms with Gasteiger partial charge in [0, 0.05) is 24.6 Å². The number of halogens is 1. The van der Waals surface area contributed by atoms with E-state index < -0.39 is 5.97 Å². The van der Waals surface area contributed by atoms with Gasteiger partial charge in [0.25, 0.3) is 0 Å². The fourth-order valence-electron chi connectivity index (χ4n) is 3.44. The maximum absolute atomic E-state index is 13.2. The van der Waals surface area contributed by atoms with E-state index in [9.17, 15) is 9.18 Å². The van der Waals surface area contributed by atoms with E-state index in [1.807, 2.05) is 4.90 Å². The molecule has 0 radical (unpaired) electrons. The lowest BCUT2D eigenvalue weighted by Gasteiger charge is -2.29. The molecule has 1 aliphatic heterocycles. The summed E-state index contributed by atoms with van der Waals surface area (Å²) in [7, 11) is 0. The van der Waals surface area contributed by atoms with Crippen LogP contribution in [0, 0.1) is 5.82 Å². The first kappa shape index (κ1) is 14.3. The van der Waals surface area contributed by atoms with Crippen LogP contribution < -0.4 is 4.74 Å².